The van der Waals surface area contributed by atoms with E-state index in [1.807, 2.05) is 30.3 Å². The molecule has 0 unspecified atom stereocenters. The lowest BCUT2D eigenvalue weighted by Crippen LogP contribution is -2.24. The van der Waals surface area contributed by atoms with Gasteiger partial charge >= 0.3 is 0 Å². The zero-order valence-electron chi connectivity index (χ0n) is 13.4. The normalized spacial score (nSPS) is 17.4. The van der Waals surface area contributed by atoms with Crippen LogP contribution >= 0.6 is 0 Å². The van der Waals surface area contributed by atoms with Gasteiger partial charge in [0.25, 0.3) is 0 Å². The third-order valence-electron chi connectivity index (χ3n) is 4.58. The van der Waals surface area contributed by atoms with Crippen LogP contribution in [0.2, 0.25) is 0 Å². The fourth-order valence-electron chi connectivity index (χ4n) is 3.41. The SMILES string of the molecule is c1ccc(-c2n[nH]c([C@@H]3CCCN3c3ncnc4nc[nH]c34)n2)cc1. The second kappa shape index (κ2) is 5.66. The summed E-state index contributed by atoms with van der Waals surface area (Å²) in [4.78, 5) is 23.0. The summed E-state index contributed by atoms with van der Waals surface area (Å²) in [5, 5.41) is 7.51. The molecular weight excluding hydrogens is 316 g/mol. The van der Waals surface area contributed by atoms with Crippen molar-refractivity contribution in [2.24, 2.45) is 0 Å². The Morgan fingerprint density at radius 1 is 1.08 bits per heavy atom. The van der Waals surface area contributed by atoms with Gasteiger partial charge in [0.15, 0.2) is 17.3 Å². The fourth-order valence-corrected chi connectivity index (χ4v) is 3.41. The summed E-state index contributed by atoms with van der Waals surface area (Å²) in [5.41, 5.74) is 2.54. The smallest absolute Gasteiger partial charge is 0.182 e. The van der Waals surface area contributed by atoms with E-state index in [2.05, 4.69) is 35.0 Å². The van der Waals surface area contributed by atoms with Gasteiger partial charge in [-0.25, -0.2) is 19.9 Å². The number of aromatic amines is 2. The van der Waals surface area contributed by atoms with Gasteiger partial charge in [0.2, 0.25) is 0 Å². The lowest BCUT2D eigenvalue weighted by atomic mass is 10.2. The van der Waals surface area contributed by atoms with Crippen molar-refractivity contribution in [2.75, 3.05) is 11.4 Å². The summed E-state index contributed by atoms with van der Waals surface area (Å²) in [5.74, 6) is 2.45. The molecule has 1 fully saturated rings. The molecule has 1 aromatic carbocycles. The average Bonchev–Trinajstić information content (AvgIpc) is 3.40. The van der Waals surface area contributed by atoms with Gasteiger partial charge in [0, 0.05) is 12.1 Å². The van der Waals surface area contributed by atoms with E-state index in [-0.39, 0.29) is 6.04 Å². The van der Waals surface area contributed by atoms with E-state index < -0.39 is 0 Å². The van der Waals surface area contributed by atoms with Crippen molar-refractivity contribution in [3.8, 4) is 11.4 Å². The van der Waals surface area contributed by atoms with Crippen molar-refractivity contribution in [1.82, 2.24) is 35.1 Å². The van der Waals surface area contributed by atoms with E-state index in [9.17, 15) is 0 Å². The van der Waals surface area contributed by atoms with Crippen molar-refractivity contribution in [2.45, 2.75) is 18.9 Å². The number of nitrogens with one attached hydrogen (secondary N) is 2. The monoisotopic (exact) mass is 332 g/mol. The van der Waals surface area contributed by atoms with Gasteiger partial charge in [-0.2, -0.15) is 5.10 Å². The zero-order valence-corrected chi connectivity index (χ0v) is 13.4. The highest BCUT2D eigenvalue weighted by atomic mass is 15.3. The van der Waals surface area contributed by atoms with Crippen LogP contribution in [-0.4, -0.2) is 41.7 Å². The zero-order chi connectivity index (χ0) is 16.6. The van der Waals surface area contributed by atoms with Gasteiger partial charge in [-0.1, -0.05) is 30.3 Å². The van der Waals surface area contributed by atoms with Gasteiger partial charge in [-0.15, -0.1) is 0 Å². The van der Waals surface area contributed by atoms with E-state index in [0.717, 1.165) is 47.9 Å². The number of benzene rings is 1. The summed E-state index contributed by atoms with van der Waals surface area (Å²) >= 11 is 0. The molecular formula is C17H16N8. The van der Waals surface area contributed by atoms with Crippen molar-refractivity contribution in [3.05, 3.63) is 48.8 Å². The molecule has 0 spiro atoms. The van der Waals surface area contributed by atoms with E-state index in [4.69, 9.17) is 4.98 Å². The predicted molar refractivity (Wildman–Crippen MR) is 92.8 cm³/mol. The van der Waals surface area contributed by atoms with E-state index >= 15 is 0 Å². The van der Waals surface area contributed by atoms with Crippen LogP contribution in [0.1, 0.15) is 24.7 Å². The largest absolute Gasteiger partial charge is 0.344 e. The molecule has 0 amide bonds. The van der Waals surface area contributed by atoms with Gasteiger partial charge in [-0.05, 0) is 12.8 Å². The summed E-state index contributed by atoms with van der Waals surface area (Å²) in [7, 11) is 0. The summed E-state index contributed by atoms with van der Waals surface area (Å²) in [6.07, 6.45) is 5.29. The standard InChI is InChI=1S/C17H16N8/c1-2-5-11(6-3-1)14-22-15(24-23-14)12-7-4-8-25(12)17-13-16(19-9-18-13)20-10-21-17/h1-3,5-6,9-10,12H,4,7-8H2,(H,22,23,24)(H,18,19,20,21)/t12-/m0/s1. The molecule has 25 heavy (non-hydrogen) atoms. The molecule has 1 saturated heterocycles. The summed E-state index contributed by atoms with van der Waals surface area (Å²) < 4.78 is 0. The molecule has 124 valence electrons. The second-order valence-corrected chi connectivity index (χ2v) is 6.06. The Hall–Kier alpha value is -3.29. The molecule has 0 saturated carbocycles. The maximum atomic E-state index is 4.73. The third-order valence-corrected chi connectivity index (χ3v) is 4.58. The first-order valence-corrected chi connectivity index (χ1v) is 8.28. The highest BCUT2D eigenvalue weighted by Crippen LogP contribution is 2.36. The van der Waals surface area contributed by atoms with Gasteiger partial charge < -0.3 is 9.88 Å². The van der Waals surface area contributed by atoms with Crippen LogP contribution in [0.25, 0.3) is 22.6 Å². The lowest BCUT2D eigenvalue weighted by Gasteiger charge is -2.23. The number of H-pyrrole nitrogens is 2. The molecule has 8 nitrogen and oxygen atoms in total. The third kappa shape index (κ3) is 2.34. The minimum atomic E-state index is 0.117. The minimum absolute atomic E-state index is 0.117. The van der Waals surface area contributed by atoms with Crippen LogP contribution in [0.4, 0.5) is 5.82 Å². The number of rotatable bonds is 3. The molecule has 0 aliphatic carbocycles. The van der Waals surface area contributed by atoms with Crippen LogP contribution in [-0.2, 0) is 0 Å². The second-order valence-electron chi connectivity index (χ2n) is 6.06. The van der Waals surface area contributed by atoms with Crippen molar-refractivity contribution >= 4 is 17.0 Å². The Morgan fingerprint density at radius 3 is 2.92 bits per heavy atom. The molecule has 1 aliphatic heterocycles. The number of hydrogen-bond acceptors (Lipinski definition) is 6. The van der Waals surface area contributed by atoms with Gasteiger partial charge in [0.1, 0.15) is 17.7 Å². The van der Waals surface area contributed by atoms with E-state index in [1.165, 1.54) is 0 Å². The Morgan fingerprint density at radius 2 is 2.00 bits per heavy atom. The molecule has 4 heterocycles. The van der Waals surface area contributed by atoms with Gasteiger partial charge in [0.05, 0.1) is 12.4 Å². The number of hydrogen-bond donors (Lipinski definition) is 2. The average molecular weight is 332 g/mol. The number of nitrogens with zero attached hydrogens (tertiary/aromatic N) is 6. The number of imidazole rings is 1. The Labute approximate surface area is 143 Å². The number of aromatic nitrogens is 7. The highest BCUT2D eigenvalue weighted by Gasteiger charge is 2.31. The molecule has 2 N–H and O–H groups in total. The first kappa shape index (κ1) is 14.1. The first-order valence-electron chi connectivity index (χ1n) is 8.28. The molecule has 5 rings (SSSR count). The first-order chi connectivity index (χ1) is 12.4. The van der Waals surface area contributed by atoms with Crippen molar-refractivity contribution in [3.63, 3.8) is 0 Å². The van der Waals surface area contributed by atoms with Crippen molar-refractivity contribution in [1.29, 1.82) is 0 Å². The van der Waals surface area contributed by atoms with E-state index in [1.54, 1.807) is 12.7 Å². The van der Waals surface area contributed by atoms with Crippen LogP contribution in [0, 0.1) is 0 Å². The topological polar surface area (TPSA) is 99.3 Å². The molecule has 1 atom stereocenters. The minimum Gasteiger partial charge on any atom is -0.344 e. The maximum Gasteiger partial charge on any atom is 0.182 e. The molecule has 8 heteroatoms. The molecule has 0 radical (unpaired) electrons. The highest BCUT2D eigenvalue weighted by molar-refractivity contribution is 5.83. The lowest BCUT2D eigenvalue weighted by molar-refractivity contribution is 0.665. The van der Waals surface area contributed by atoms with Crippen LogP contribution in [0.15, 0.2) is 43.0 Å². The molecule has 4 aromatic rings. The Kier molecular flexibility index (Phi) is 3.19. The Bertz CT molecular complexity index is 1010. The predicted octanol–water partition coefficient (Wildman–Crippen LogP) is 2.48. The molecule has 0 bridgehead atoms. The Balaban J connectivity index is 1.52. The quantitative estimate of drug-likeness (QED) is 0.598. The van der Waals surface area contributed by atoms with Gasteiger partial charge in [-0.3, -0.25) is 5.10 Å². The van der Waals surface area contributed by atoms with Crippen molar-refractivity contribution < 1.29 is 0 Å². The van der Waals surface area contributed by atoms with Crippen LogP contribution in [0.5, 0.6) is 0 Å². The van der Waals surface area contributed by atoms with Crippen LogP contribution in [0.3, 0.4) is 0 Å². The number of fused-ring (bicyclic) bond motifs is 1. The fraction of sp³-hybridized carbons (Fsp3) is 0.235. The molecule has 1 aliphatic rings. The van der Waals surface area contributed by atoms with Crippen LogP contribution < -0.4 is 4.90 Å². The maximum absolute atomic E-state index is 4.73. The summed E-state index contributed by atoms with van der Waals surface area (Å²) in [6.45, 7) is 0.914. The molecule has 3 aromatic heterocycles. The summed E-state index contributed by atoms with van der Waals surface area (Å²) in [6, 6.07) is 10.1. The van der Waals surface area contributed by atoms with E-state index in [0.29, 0.717) is 5.65 Å². The number of anilines is 1.